The zero-order chi connectivity index (χ0) is 20.6. The summed E-state index contributed by atoms with van der Waals surface area (Å²) in [6, 6.07) is 19.6. The second-order valence-corrected chi connectivity index (χ2v) is 7.12. The summed E-state index contributed by atoms with van der Waals surface area (Å²) in [4.78, 5) is 24.0. The van der Waals surface area contributed by atoms with Crippen LogP contribution >= 0.6 is 0 Å². The van der Waals surface area contributed by atoms with E-state index in [1.165, 1.54) is 0 Å². The molecule has 0 radical (unpaired) electrons. The summed E-state index contributed by atoms with van der Waals surface area (Å²) in [7, 11) is 0. The van der Waals surface area contributed by atoms with Crippen LogP contribution in [0, 0.1) is 0 Å². The minimum absolute atomic E-state index is 0.0445. The molecule has 4 rings (SSSR count). The van der Waals surface area contributed by atoms with Crippen molar-refractivity contribution in [1.29, 1.82) is 0 Å². The van der Waals surface area contributed by atoms with Crippen LogP contribution in [-0.2, 0) is 24.4 Å². The van der Waals surface area contributed by atoms with Crippen LogP contribution in [0.1, 0.15) is 29.8 Å². The largest absolute Gasteiger partial charge is 0.489 e. The molecule has 0 fully saturated rings. The SMILES string of the molecule is O=C(CCCc1nc2ccccc2[nH]1)NCc1ccc(OCc2cccnc2)cc1. The van der Waals surface area contributed by atoms with Gasteiger partial charge in [-0.3, -0.25) is 9.78 Å². The van der Waals surface area contributed by atoms with Gasteiger partial charge >= 0.3 is 0 Å². The summed E-state index contributed by atoms with van der Waals surface area (Å²) < 4.78 is 5.75. The fourth-order valence-corrected chi connectivity index (χ4v) is 3.18. The van der Waals surface area contributed by atoms with E-state index in [9.17, 15) is 4.79 Å². The third-order valence-electron chi connectivity index (χ3n) is 4.80. The van der Waals surface area contributed by atoms with Gasteiger partial charge in [-0.15, -0.1) is 0 Å². The number of ether oxygens (including phenoxy) is 1. The van der Waals surface area contributed by atoms with Crippen molar-refractivity contribution in [2.75, 3.05) is 0 Å². The topological polar surface area (TPSA) is 79.9 Å². The molecule has 0 spiro atoms. The van der Waals surface area contributed by atoms with Crippen LogP contribution in [0.5, 0.6) is 5.75 Å². The first-order valence-corrected chi connectivity index (χ1v) is 10.1. The van der Waals surface area contributed by atoms with Gasteiger partial charge in [0, 0.05) is 37.3 Å². The molecule has 6 heteroatoms. The van der Waals surface area contributed by atoms with Crippen LogP contribution in [0.15, 0.2) is 73.1 Å². The number of nitrogens with zero attached hydrogens (tertiary/aromatic N) is 2. The van der Waals surface area contributed by atoms with Crippen molar-refractivity contribution in [2.24, 2.45) is 0 Å². The van der Waals surface area contributed by atoms with E-state index in [2.05, 4.69) is 20.3 Å². The number of aromatic nitrogens is 3. The number of nitrogens with one attached hydrogen (secondary N) is 2. The van der Waals surface area contributed by atoms with Crippen LogP contribution in [0.4, 0.5) is 0 Å². The summed E-state index contributed by atoms with van der Waals surface area (Å²) in [5.41, 5.74) is 4.06. The maximum atomic E-state index is 12.1. The number of benzene rings is 2. The van der Waals surface area contributed by atoms with Gasteiger partial charge in [-0.2, -0.15) is 0 Å². The molecule has 0 aliphatic carbocycles. The number of aromatic amines is 1. The number of rotatable bonds is 9. The van der Waals surface area contributed by atoms with E-state index >= 15 is 0 Å². The van der Waals surface area contributed by atoms with Crippen molar-refractivity contribution in [3.05, 3.63) is 90.0 Å². The van der Waals surface area contributed by atoms with Crippen LogP contribution < -0.4 is 10.1 Å². The molecular formula is C24H24N4O2. The molecule has 0 unspecified atom stereocenters. The van der Waals surface area contributed by atoms with Gasteiger partial charge in [-0.25, -0.2) is 4.98 Å². The van der Waals surface area contributed by atoms with Gasteiger partial charge in [-0.05, 0) is 42.3 Å². The molecule has 30 heavy (non-hydrogen) atoms. The molecule has 0 aliphatic heterocycles. The minimum Gasteiger partial charge on any atom is -0.489 e. The number of imidazole rings is 1. The van der Waals surface area contributed by atoms with Crippen LogP contribution in [0.2, 0.25) is 0 Å². The number of pyridine rings is 1. The lowest BCUT2D eigenvalue weighted by molar-refractivity contribution is -0.121. The number of H-pyrrole nitrogens is 1. The summed E-state index contributed by atoms with van der Waals surface area (Å²) in [6.07, 6.45) is 5.52. The molecular weight excluding hydrogens is 376 g/mol. The van der Waals surface area contributed by atoms with Crippen LogP contribution in [0.25, 0.3) is 11.0 Å². The summed E-state index contributed by atoms with van der Waals surface area (Å²) in [5, 5.41) is 2.97. The van der Waals surface area contributed by atoms with Crippen LogP contribution in [-0.4, -0.2) is 20.9 Å². The van der Waals surface area contributed by atoms with Crippen molar-refractivity contribution in [3.8, 4) is 5.75 Å². The first-order chi connectivity index (χ1) is 14.8. The van der Waals surface area contributed by atoms with Gasteiger partial charge in [0.25, 0.3) is 0 Å². The standard InChI is InChI=1S/C24H24N4O2/c29-24(9-3-8-23-27-21-6-1-2-7-22(21)28-23)26-16-18-10-12-20(13-11-18)30-17-19-5-4-14-25-15-19/h1-2,4-7,10-15H,3,8-9,16-17H2,(H,26,29)(H,27,28). The van der Waals surface area contributed by atoms with Crippen LogP contribution in [0.3, 0.4) is 0 Å². The number of carbonyl (C=O) groups is 1. The third-order valence-corrected chi connectivity index (χ3v) is 4.80. The first kappa shape index (κ1) is 19.6. The van der Waals surface area contributed by atoms with E-state index in [0.717, 1.165) is 46.6 Å². The van der Waals surface area contributed by atoms with E-state index in [0.29, 0.717) is 19.6 Å². The Labute approximate surface area is 175 Å². The average molecular weight is 400 g/mol. The van der Waals surface area contributed by atoms with Crippen molar-refractivity contribution in [2.45, 2.75) is 32.4 Å². The first-order valence-electron chi connectivity index (χ1n) is 10.1. The van der Waals surface area contributed by atoms with E-state index < -0.39 is 0 Å². The Bertz CT molecular complexity index is 1060. The lowest BCUT2D eigenvalue weighted by Gasteiger charge is -2.08. The highest BCUT2D eigenvalue weighted by Gasteiger charge is 2.05. The quantitative estimate of drug-likeness (QED) is 0.442. The molecule has 2 aromatic heterocycles. The molecule has 2 aromatic carbocycles. The van der Waals surface area contributed by atoms with Crippen molar-refractivity contribution < 1.29 is 9.53 Å². The molecule has 4 aromatic rings. The highest BCUT2D eigenvalue weighted by molar-refractivity contribution is 5.76. The molecule has 2 heterocycles. The monoisotopic (exact) mass is 400 g/mol. The van der Waals surface area contributed by atoms with E-state index in [4.69, 9.17) is 4.74 Å². The predicted molar refractivity (Wildman–Crippen MR) is 116 cm³/mol. The Morgan fingerprint density at radius 3 is 2.67 bits per heavy atom. The molecule has 6 nitrogen and oxygen atoms in total. The lowest BCUT2D eigenvalue weighted by atomic mass is 10.2. The zero-order valence-corrected chi connectivity index (χ0v) is 16.7. The summed E-state index contributed by atoms with van der Waals surface area (Å²) in [5.74, 6) is 1.76. The molecule has 0 aliphatic rings. The van der Waals surface area contributed by atoms with Crippen molar-refractivity contribution >= 4 is 16.9 Å². The Balaban J connectivity index is 1.17. The van der Waals surface area contributed by atoms with Gasteiger partial charge < -0.3 is 15.0 Å². The van der Waals surface area contributed by atoms with Gasteiger partial charge in [0.2, 0.25) is 5.91 Å². The molecule has 2 N–H and O–H groups in total. The van der Waals surface area contributed by atoms with Gasteiger partial charge in [0.15, 0.2) is 0 Å². The van der Waals surface area contributed by atoms with Crippen molar-refractivity contribution in [1.82, 2.24) is 20.3 Å². The molecule has 0 saturated carbocycles. The van der Waals surface area contributed by atoms with Gasteiger partial charge in [0.1, 0.15) is 18.2 Å². The number of fused-ring (bicyclic) bond motifs is 1. The second kappa shape index (κ2) is 9.69. The Morgan fingerprint density at radius 2 is 1.87 bits per heavy atom. The van der Waals surface area contributed by atoms with Gasteiger partial charge in [0.05, 0.1) is 11.0 Å². The molecule has 1 amide bonds. The highest BCUT2D eigenvalue weighted by atomic mass is 16.5. The molecule has 0 saturated heterocycles. The predicted octanol–water partition coefficient (Wildman–Crippen LogP) is 4.18. The number of para-hydroxylation sites is 2. The van der Waals surface area contributed by atoms with E-state index in [-0.39, 0.29) is 5.91 Å². The average Bonchev–Trinajstić information content (AvgIpc) is 3.20. The zero-order valence-electron chi connectivity index (χ0n) is 16.7. The minimum atomic E-state index is 0.0445. The normalized spacial score (nSPS) is 10.8. The van der Waals surface area contributed by atoms with E-state index in [1.54, 1.807) is 12.4 Å². The van der Waals surface area contributed by atoms with Crippen molar-refractivity contribution in [3.63, 3.8) is 0 Å². The number of hydrogen-bond acceptors (Lipinski definition) is 4. The Kier molecular flexibility index (Phi) is 6.35. The molecule has 152 valence electrons. The lowest BCUT2D eigenvalue weighted by Crippen LogP contribution is -2.22. The number of hydrogen-bond donors (Lipinski definition) is 2. The fourth-order valence-electron chi connectivity index (χ4n) is 3.18. The number of amides is 1. The highest BCUT2D eigenvalue weighted by Crippen LogP contribution is 2.14. The van der Waals surface area contributed by atoms with Gasteiger partial charge in [-0.1, -0.05) is 30.3 Å². The summed E-state index contributed by atoms with van der Waals surface area (Å²) >= 11 is 0. The maximum Gasteiger partial charge on any atom is 0.220 e. The Morgan fingerprint density at radius 1 is 1.00 bits per heavy atom. The number of aryl methyl sites for hydroxylation is 1. The maximum absolute atomic E-state index is 12.1. The third kappa shape index (κ3) is 5.44. The number of carbonyl (C=O) groups excluding carboxylic acids is 1. The second-order valence-electron chi connectivity index (χ2n) is 7.12. The summed E-state index contributed by atoms with van der Waals surface area (Å²) in [6.45, 7) is 0.988. The molecule has 0 bridgehead atoms. The molecule has 0 atom stereocenters. The smallest absolute Gasteiger partial charge is 0.220 e. The van der Waals surface area contributed by atoms with E-state index in [1.807, 2.05) is 60.7 Å². The fraction of sp³-hybridized carbons (Fsp3) is 0.208. The Hall–Kier alpha value is -3.67.